The van der Waals surface area contributed by atoms with Gasteiger partial charge in [0.2, 0.25) is 11.7 Å². The van der Waals surface area contributed by atoms with E-state index < -0.39 is 29.1 Å². The number of aliphatic hydroxyl groups excluding tert-OH is 1. The molecule has 0 saturated carbocycles. The fourth-order valence-corrected chi connectivity index (χ4v) is 5.95. The molecule has 2 N–H and O–H groups in total. The Bertz CT molecular complexity index is 1990. The zero-order valence-corrected chi connectivity index (χ0v) is 28.3. The maximum absolute atomic E-state index is 14.2. The van der Waals surface area contributed by atoms with Crippen molar-refractivity contribution in [1.82, 2.24) is 24.1 Å². The van der Waals surface area contributed by atoms with Gasteiger partial charge in [-0.05, 0) is 50.3 Å². The first-order valence-corrected chi connectivity index (χ1v) is 16.0. The van der Waals surface area contributed by atoms with Gasteiger partial charge in [0.25, 0.3) is 11.5 Å². The molecule has 1 saturated heterocycles. The Balaban J connectivity index is 1.51. The smallest absolute Gasteiger partial charge is 0.416 e. The Morgan fingerprint density at radius 3 is 2.50 bits per heavy atom. The van der Waals surface area contributed by atoms with Gasteiger partial charge in [0, 0.05) is 33.2 Å². The number of hydrogen-bond donors (Lipinski definition) is 2. The van der Waals surface area contributed by atoms with Gasteiger partial charge in [-0.2, -0.15) is 22.7 Å². The molecule has 0 atom stereocenters. The molecule has 14 nitrogen and oxygen atoms in total. The summed E-state index contributed by atoms with van der Waals surface area (Å²) in [6, 6.07) is 2.61. The third kappa shape index (κ3) is 7.28. The molecule has 2 aliphatic rings. The second-order valence-corrected chi connectivity index (χ2v) is 11.8. The summed E-state index contributed by atoms with van der Waals surface area (Å²) in [5.41, 5.74) is -0.0165. The van der Waals surface area contributed by atoms with Crippen LogP contribution in [0.25, 0.3) is 11.4 Å². The number of carbonyl (C=O) groups is 2. The van der Waals surface area contributed by atoms with Crippen molar-refractivity contribution in [3.05, 3.63) is 68.2 Å². The molecule has 4 heterocycles. The highest BCUT2D eigenvalue weighted by atomic mass is 35.5. The van der Waals surface area contributed by atoms with Crippen molar-refractivity contribution in [2.24, 2.45) is 9.98 Å². The van der Waals surface area contributed by atoms with Crippen molar-refractivity contribution in [3.63, 3.8) is 0 Å². The maximum atomic E-state index is 14.2. The molecule has 3 aromatic rings. The summed E-state index contributed by atoms with van der Waals surface area (Å²) >= 11 is 6.10. The van der Waals surface area contributed by atoms with Crippen molar-refractivity contribution >= 4 is 58.6 Å². The summed E-state index contributed by atoms with van der Waals surface area (Å²) in [6.07, 6.45) is -2.01. The molecule has 0 unspecified atom stereocenters. The molecule has 1 aromatic carbocycles. The highest BCUT2D eigenvalue weighted by molar-refractivity contribution is 6.33. The molecule has 5 rings (SSSR count). The molecule has 2 aromatic heterocycles. The lowest BCUT2D eigenvalue weighted by molar-refractivity contribution is -0.137. The lowest BCUT2D eigenvalue weighted by Gasteiger charge is -2.36. The monoisotopic (exact) mass is 717 g/mol. The summed E-state index contributed by atoms with van der Waals surface area (Å²) in [6.45, 7) is 7.91. The number of ether oxygens (including phenoxy) is 1. The van der Waals surface area contributed by atoms with E-state index in [1.54, 1.807) is 16.4 Å². The first-order valence-electron chi connectivity index (χ1n) is 15.6. The number of benzene rings is 1. The second kappa shape index (κ2) is 14.8. The Kier molecular flexibility index (Phi) is 10.8. The number of piperazine rings is 1. The minimum Gasteiger partial charge on any atom is -0.504 e. The van der Waals surface area contributed by atoms with Crippen LogP contribution in [-0.2, 0) is 33.5 Å². The predicted octanol–water partition coefficient (Wildman–Crippen LogP) is 3.78. The van der Waals surface area contributed by atoms with Crippen LogP contribution in [0.2, 0.25) is 5.02 Å². The largest absolute Gasteiger partial charge is 0.504 e. The van der Waals surface area contributed by atoms with E-state index in [4.69, 9.17) is 16.3 Å². The number of fused-ring (bicyclic) bond motifs is 1. The maximum Gasteiger partial charge on any atom is 0.416 e. The van der Waals surface area contributed by atoms with Gasteiger partial charge in [0.15, 0.2) is 17.3 Å². The number of hydrogen-bond acceptors (Lipinski definition) is 10. The topological polar surface area (TPSA) is 159 Å². The van der Waals surface area contributed by atoms with Crippen LogP contribution in [0.4, 0.5) is 24.5 Å². The Labute approximate surface area is 289 Å². The van der Waals surface area contributed by atoms with E-state index in [1.165, 1.54) is 18.9 Å². The van der Waals surface area contributed by atoms with Crippen LogP contribution in [-0.4, -0.2) is 99.9 Å². The van der Waals surface area contributed by atoms with E-state index in [0.717, 1.165) is 28.3 Å². The fourth-order valence-electron chi connectivity index (χ4n) is 5.73. The Morgan fingerprint density at radius 1 is 1.20 bits per heavy atom. The number of carbonyl (C=O) groups excluding carboxylic acids is 2. The molecule has 50 heavy (non-hydrogen) atoms. The third-order valence-corrected chi connectivity index (χ3v) is 8.74. The zero-order valence-electron chi connectivity index (χ0n) is 27.6. The zero-order chi connectivity index (χ0) is 36.3. The SMILES string of the molecule is C=N/C(C(=O)N1CCN(c2c(CC)n(CC(=O)Nc3ccc(C(F)(F)F)cc3Cl)c3nc(C4=CCOCC4)nn3c2=O)CC1)=C(/O)C(C)=NC. The number of aliphatic hydroxyl groups is 1. The number of nitrogens with zero attached hydrogens (tertiary/aromatic N) is 8. The number of nitrogens with one attached hydrogen (secondary N) is 1. The van der Waals surface area contributed by atoms with E-state index >= 15 is 0 Å². The number of alkyl halides is 3. The van der Waals surface area contributed by atoms with E-state index in [9.17, 15) is 32.7 Å². The standard InChI is InChI=1S/C32H35ClF3N9O5/c1-5-23-26(42-10-12-43(13-11-42)29(48)25(38-4)27(47)18(2)37-3)30(49)45-31(40-28(41-45)19-8-14-50-15-9-19)44(23)17-24(46)39-22-7-6-20(16-21(22)33)32(34,35)36/h6-8,16,47H,4-5,9-15,17H2,1-3H3,(H,39,46)/b27-25+,37-18?. The summed E-state index contributed by atoms with van der Waals surface area (Å²) in [7, 11) is 1.47. The van der Waals surface area contributed by atoms with Crippen molar-refractivity contribution in [2.45, 2.75) is 39.4 Å². The third-order valence-electron chi connectivity index (χ3n) is 8.43. The van der Waals surface area contributed by atoms with Gasteiger partial charge in [0.05, 0.1) is 40.9 Å². The van der Waals surface area contributed by atoms with Crippen LogP contribution in [0.5, 0.6) is 0 Å². The highest BCUT2D eigenvalue weighted by Crippen LogP contribution is 2.34. The molecule has 0 radical (unpaired) electrons. The average Bonchev–Trinajstić information content (AvgIpc) is 3.56. The summed E-state index contributed by atoms with van der Waals surface area (Å²) < 4.78 is 47.6. The predicted molar refractivity (Wildman–Crippen MR) is 182 cm³/mol. The minimum absolute atomic E-state index is 0.0239. The van der Waals surface area contributed by atoms with E-state index in [2.05, 4.69) is 32.1 Å². The van der Waals surface area contributed by atoms with Gasteiger partial charge in [-0.3, -0.25) is 24.4 Å². The minimum atomic E-state index is -4.61. The second-order valence-electron chi connectivity index (χ2n) is 11.4. The highest BCUT2D eigenvalue weighted by Gasteiger charge is 2.32. The number of amides is 2. The van der Waals surface area contributed by atoms with Crippen LogP contribution in [0.15, 0.2) is 50.5 Å². The van der Waals surface area contributed by atoms with Crippen LogP contribution in [0.1, 0.15) is 37.4 Å². The molecule has 1 fully saturated rings. The van der Waals surface area contributed by atoms with E-state index in [1.807, 2.05) is 6.08 Å². The number of aliphatic imine (C=N–C) groups is 2. The molecule has 0 spiro atoms. The van der Waals surface area contributed by atoms with Crippen molar-refractivity contribution in [1.29, 1.82) is 0 Å². The molecule has 2 aliphatic heterocycles. The van der Waals surface area contributed by atoms with Crippen LogP contribution in [0.3, 0.4) is 0 Å². The lowest BCUT2D eigenvalue weighted by atomic mass is 10.1. The van der Waals surface area contributed by atoms with Crippen molar-refractivity contribution in [3.8, 4) is 0 Å². The lowest BCUT2D eigenvalue weighted by Crippen LogP contribution is -2.51. The number of anilines is 2. The van der Waals surface area contributed by atoms with Crippen LogP contribution < -0.4 is 15.8 Å². The van der Waals surface area contributed by atoms with Gasteiger partial charge < -0.3 is 29.5 Å². The molecule has 0 bridgehead atoms. The number of allylic oxidation sites excluding steroid dienone is 1. The van der Waals surface area contributed by atoms with Gasteiger partial charge in [0.1, 0.15) is 12.2 Å². The Morgan fingerprint density at radius 2 is 1.92 bits per heavy atom. The molecule has 2 amide bonds. The van der Waals surface area contributed by atoms with Gasteiger partial charge in [-0.25, -0.2) is 0 Å². The average molecular weight is 718 g/mol. The first-order chi connectivity index (χ1) is 23.8. The van der Waals surface area contributed by atoms with Gasteiger partial charge >= 0.3 is 6.18 Å². The van der Waals surface area contributed by atoms with Gasteiger partial charge in [-0.15, -0.1) is 5.10 Å². The molecular formula is C32H35ClF3N9O5. The number of halogens is 4. The van der Waals surface area contributed by atoms with Crippen molar-refractivity contribution in [2.75, 3.05) is 56.7 Å². The summed E-state index contributed by atoms with van der Waals surface area (Å²) in [5.74, 6) is -1.18. The molecule has 0 aliphatic carbocycles. The fraction of sp³-hybridized carbons (Fsp3) is 0.406. The summed E-state index contributed by atoms with van der Waals surface area (Å²) in [4.78, 5) is 56.4. The molecule has 18 heteroatoms. The van der Waals surface area contributed by atoms with Crippen LogP contribution in [0, 0.1) is 0 Å². The number of rotatable bonds is 9. The summed E-state index contributed by atoms with van der Waals surface area (Å²) in [5, 5.41) is 17.3. The molecule has 266 valence electrons. The Hall–Kier alpha value is -5.03. The normalized spacial score (nSPS) is 16.3. The van der Waals surface area contributed by atoms with E-state index in [0.29, 0.717) is 31.2 Å². The molecular weight excluding hydrogens is 683 g/mol. The quantitative estimate of drug-likeness (QED) is 0.192. The first kappa shape index (κ1) is 36.3. The van der Waals surface area contributed by atoms with Crippen molar-refractivity contribution < 1.29 is 32.6 Å². The number of aromatic nitrogens is 4. The van der Waals surface area contributed by atoms with E-state index in [-0.39, 0.29) is 78.5 Å². The van der Waals surface area contributed by atoms with Gasteiger partial charge in [-0.1, -0.05) is 24.6 Å². The van der Waals surface area contributed by atoms with Crippen LogP contribution >= 0.6 is 11.6 Å².